The fourth-order valence-corrected chi connectivity index (χ4v) is 1.87. The lowest BCUT2D eigenvalue weighted by molar-refractivity contribution is -0.119. The van der Waals surface area contributed by atoms with E-state index in [9.17, 15) is 9.90 Å². The van der Waals surface area contributed by atoms with Gasteiger partial charge in [-0.05, 0) is 12.8 Å². The van der Waals surface area contributed by atoms with Crippen LogP contribution in [0.25, 0.3) is 0 Å². The molecule has 15 heavy (non-hydrogen) atoms. The Bertz CT molecular complexity index is 157. The Morgan fingerprint density at radius 3 is 2.07 bits per heavy atom. The predicted octanol–water partition coefficient (Wildman–Crippen LogP) is 3.32. The monoisotopic (exact) mass is 214 g/mol. The topological polar surface area (TPSA) is 37.3 Å². The number of aliphatic hydroxyl groups excluding tert-OH is 1. The molecule has 1 atom stereocenters. The molecule has 0 radical (unpaired) electrons. The Balaban J connectivity index is 3.94. The zero-order valence-electron chi connectivity index (χ0n) is 10.3. The molecule has 0 saturated carbocycles. The van der Waals surface area contributed by atoms with Crippen LogP contribution in [0.1, 0.15) is 65.2 Å². The Morgan fingerprint density at radius 2 is 1.60 bits per heavy atom. The molecule has 0 aromatic rings. The first-order valence-electron chi connectivity index (χ1n) is 6.32. The molecule has 0 rings (SSSR count). The number of hydrogen-bond donors (Lipinski definition) is 1. The van der Waals surface area contributed by atoms with Crippen molar-refractivity contribution in [2.45, 2.75) is 65.2 Å². The highest BCUT2D eigenvalue weighted by molar-refractivity contribution is 5.59. The van der Waals surface area contributed by atoms with Crippen molar-refractivity contribution in [1.29, 1.82) is 0 Å². The Labute approximate surface area is 94.1 Å². The molecule has 0 aromatic carbocycles. The number of unbranched alkanes of at least 4 members (excludes halogenated alkanes) is 4. The van der Waals surface area contributed by atoms with Gasteiger partial charge in [0.1, 0.15) is 6.29 Å². The molecule has 2 nitrogen and oxygen atoms in total. The Kier molecular flexibility index (Phi) is 8.68. The Morgan fingerprint density at radius 1 is 1.00 bits per heavy atom. The van der Waals surface area contributed by atoms with Crippen molar-refractivity contribution >= 4 is 6.29 Å². The normalized spacial score (nSPS) is 14.9. The molecule has 1 N–H and O–H groups in total. The van der Waals surface area contributed by atoms with Gasteiger partial charge in [0, 0.05) is 5.41 Å². The molecule has 2 heteroatoms. The summed E-state index contributed by atoms with van der Waals surface area (Å²) in [5.74, 6) is 0. The molecule has 0 aromatic heterocycles. The molecule has 0 aliphatic rings. The zero-order chi connectivity index (χ0) is 11.6. The van der Waals surface area contributed by atoms with Crippen molar-refractivity contribution in [3.63, 3.8) is 0 Å². The lowest BCUT2D eigenvalue weighted by Crippen LogP contribution is -2.27. The minimum Gasteiger partial charge on any atom is -0.395 e. The van der Waals surface area contributed by atoms with Crippen molar-refractivity contribution in [3.8, 4) is 0 Å². The number of hydrogen-bond acceptors (Lipinski definition) is 2. The Hall–Kier alpha value is -0.370. The summed E-state index contributed by atoms with van der Waals surface area (Å²) in [7, 11) is 0. The minimum absolute atomic E-state index is 0.0165. The van der Waals surface area contributed by atoms with Gasteiger partial charge in [-0.15, -0.1) is 0 Å². The van der Waals surface area contributed by atoms with E-state index in [2.05, 4.69) is 13.8 Å². The van der Waals surface area contributed by atoms with E-state index in [4.69, 9.17) is 0 Å². The summed E-state index contributed by atoms with van der Waals surface area (Å²) in [4.78, 5) is 11.1. The third kappa shape index (κ3) is 5.93. The largest absolute Gasteiger partial charge is 0.395 e. The van der Waals surface area contributed by atoms with Crippen LogP contribution in [0.5, 0.6) is 0 Å². The lowest BCUT2D eigenvalue weighted by Gasteiger charge is -2.25. The van der Waals surface area contributed by atoms with Crippen LogP contribution in [-0.4, -0.2) is 18.0 Å². The van der Waals surface area contributed by atoms with Gasteiger partial charge in [0.15, 0.2) is 0 Å². The average Bonchev–Trinajstić information content (AvgIpc) is 2.29. The summed E-state index contributed by atoms with van der Waals surface area (Å²) in [6.07, 6.45) is 9.49. The second kappa shape index (κ2) is 8.90. The first-order valence-corrected chi connectivity index (χ1v) is 6.32. The third-order valence-electron chi connectivity index (χ3n) is 3.12. The maximum atomic E-state index is 11.1. The highest BCUT2D eigenvalue weighted by Gasteiger charge is 2.27. The van der Waals surface area contributed by atoms with Gasteiger partial charge in [0.25, 0.3) is 0 Å². The van der Waals surface area contributed by atoms with Crippen LogP contribution >= 0.6 is 0 Å². The summed E-state index contributed by atoms with van der Waals surface area (Å²) < 4.78 is 0. The third-order valence-corrected chi connectivity index (χ3v) is 3.12. The molecular formula is C13H26O2. The lowest BCUT2D eigenvalue weighted by atomic mass is 9.80. The molecule has 90 valence electrons. The van der Waals surface area contributed by atoms with Gasteiger partial charge in [-0.25, -0.2) is 0 Å². The van der Waals surface area contributed by atoms with Gasteiger partial charge in [0.05, 0.1) is 6.61 Å². The SMILES string of the molecule is CCCCCCC(C=O)(CO)CCCC. The van der Waals surface area contributed by atoms with Gasteiger partial charge in [-0.1, -0.05) is 52.4 Å². The standard InChI is InChI=1S/C13H26O2/c1-3-5-7-8-10-13(11-14,12-15)9-6-4-2/h11,15H,3-10,12H2,1-2H3. The molecule has 0 saturated heterocycles. The molecule has 0 bridgehead atoms. The average molecular weight is 214 g/mol. The smallest absolute Gasteiger partial charge is 0.128 e. The molecule has 0 heterocycles. The van der Waals surface area contributed by atoms with E-state index in [1.807, 2.05) is 0 Å². The van der Waals surface area contributed by atoms with E-state index < -0.39 is 5.41 Å². The van der Waals surface area contributed by atoms with Crippen molar-refractivity contribution in [1.82, 2.24) is 0 Å². The van der Waals surface area contributed by atoms with Crippen LogP contribution in [0, 0.1) is 5.41 Å². The van der Waals surface area contributed by atoms with Gasteiger partial charge < -0.3 is 9.90 Å². The van der Waals surface area contributed by atoms with Gasteiger partial charge in [-0.3, -0.25) is 0 Å². The maximum Gasteiger partial charge on any atom is 0.128 e. The summed E-state index contributed by atoms with van der Waals surface area (Å²) in [5, 5.41) is 9.33. The van der Waals surface area contributed by atoms with Gasteiger partial charge in [-0.2, -0.15) is 0 Å². The first-order chi connectivity index (χ1) is 7.24. The van der Waals surface area contributed by atoms with Crippen molar-refractivity contribution in [3.05, 3.63) is 0 Å². The van der Waals surface area contributed by atoms with E-state index in [1.54, 1.807) is 0 Å². The van der Waals surface area contributed by atoms with Crippen LogP contribution in [0.4, 0.5) is 0 Å². The number of carbonyl (C=O) groups excluding carboxylic acids is 1. The highest BCUT2D eigenvalue weighted by atomic mass is 16.3. The fourth-order valence-electron chi connectivity index (χ4n) is 1.87. The number of carbonyl (C=O) groups is 1. The van der Waals surface area contributed by atoms with E-state index in [0.717, 1.165) is 38.4 Å². The minimum atomic E-state index is -0.441. The molecule has 0 aliphatic carbocycles. The predicted molar refractivity (Wildman–Crippen MR) is 63.9 cm³/mol. The van der Waals surface area contributed by atoms with E-state index in [-0.39, 0.29) is 6.61 Å². The summed E-state index contributed by atoms with van der Waals surface area (Å²) in [6.45, 7) is 4.31. The second-order valence-corrected chi connectivity index (χ2v) is 4.55. The molecule has 0 aliphatic heterocycles. The number of aliphatic hydroxyl groups is 1. The summed E-state index contributed by atoms with van der Waals surface area (Å²) in [6, 6.07) is 0. The highest BCUT2D eigenvalue weighted by Crippen LogP contribution is 2.28. The molecule has 0 amide bonds. The first kappa shape index (κ1) is 14.6. The quantitative estimate of drug-likeness (QED) is 0.447. The van der Waals surface area contributed by atoms with Crippen LogP contribution in [-0.2, 0) is 4.79 Å². The van der Waals surface area contributed by atoms with Crippen LogP contribution < -0.4 is 0 Å². The van der Waals surface area contributed by atoms with E-state index in [0.29, 0.717) is 0 Å². The number of rotatable bonds is 10. The van der Waals surface area contributed by atoms with Crippen molar-refractivity contribution in [2.75, 3.05) is 6.61 Å². The van der Waals surface area contributed by atoms with Crippen LogP contribution in [0.15, 0.2) is 0 Å². The van der Waals surface area contributed by atoms with E-state index >= 15 is 0 Å². The maximum absolute atomic E-state index is 11.1. The van der Waals surface area contributed by atoms with Crippen LogP contribution in [0.2, 0.25) is 0 Å². The molecule has 1 unspecified atom stereocenters. The second-order valence-electron chi connectivity index (χ2n) is 4.55. The van der Waals surface area contributed by atoms with Gasteiger partial charge >= 0.3 is 0 Å². The van der Waals surface area contributed by atoms with Gasteiger partial charge in [0.2, 0.25) is 0 Å². The summed E-state index contributed by atoms with van der Waals surface area (Å²) in [5.41, 5.74) is -0.441. The molecule has 0 fully saturated rings. The fraction of sp³-hybridized carbons (Fsp3) is 0.923. The van der Waals surface area contributed by atoms with Crippen molar-refractivity contribution in [2.24, 2.45) is 5.41 Å². The molecule has 0 spiro atoms. The van der Waals surface area contributed by atoms with Crippen LogP contribution in [0.3, 0.4) is 0 Å². The zero-order valence-corrected chi connectivity index (χ0v) is 10.3. The summed E-state index contributed by atoms with van der Waals surface area (Å²) >= 11 is 0. The van der Waals surface area contributed by atoms with E-state index in [1.165, 1.54) is 19.3 Å². The molecular weight excluding hydrogens is 188 g/mol. The number of aldehydes is 1. The van der Waals surface area contributed by atoms with Crippen molar-refractivity contribution < 1.29 is 9.90 Å².